The van der Waals surface area contributed by atoms with E-state index in [4.69, 9.17) is 0 Å². The molecule has 0 unspecified atom stereocenters. The molecular weight excluding hydrogens is 505 g/mol. The maximum atomic E-state index is 14.1. The van der Waals surface area contributed by atoms with Gasteiger partial charge in [-0.2, -0.15) is 0 Å². The van der Waals surface area contributed by atoms with Crippen LogP contribution in [0.5, 0.6) is 0 Å². The van der Waals surface area contributed by atoms with Crippen molar-refractivity contribution in [2.45, 2.75) is 52.5 Å². The molecule has 0 aromatic heterocycles. The Morgan fingerprint density at radius 2 is 1.04 bits per heavy atom. The van der Waals surface area contributed by atoms with Gasteiger partial charge in [-0.25, -0.2) is 0 Å². The summed E-state index contributed by atoms with van der Waals surface area (Å²) in [5.41, 5.74) is 0.203. The van der Waals surface area contributed by atoms with Gasteiger partial charge in [0.1, 0.15) is 0 Å². The van der Waals surface area contributed by atoms with Gasteiger partial charge >= 0.3 is 156 Å². The summed E-state index contributed by atoms with van der Waals surface area (Å²) in [6, 6.07) is 7.14. The van der Waals surface area contributed by atoms with Crippen molar-refractivity contribution in [2.24, 2.45) is 0 Å². The second-order valence-corrected chi connectivity index (χ2v) is 12.6. The molecule has 0 atom stereocenters. The van der Waals surface area contributed by atoms with Gasteiger partial charge in [-0.05, 0) is 0 Å². The van der Waals surface area contributed by atoms with Crippen molar-refractivity contribution in [3.05, 3.63) is 35.9 Å². The number of hydrogen-bond acceptors (Lipinski definition) is 1. The molecule has 27 heavy (non-hydrogen) atoms. The van der Waals surface area contributed by atoms with E-state index >= 15 is 0 Å². The summed E-state index contributed by atoms with van der Waals surface area (Å²) in [5, 5.41) is 0. The Kier molecular flexibility index (Phi) is 8.27. The van der Waals surface area contributed by atoms with E-state index in [0.29, 0.717) is 0 Å². The van der Waals surface area contributed by atoms with E-state index in [1.54, 1.807) is 6.07 Å². The molecule has 0 aliphatic carbocycles. The molecule has 0 N–H and O–H groups in total. The normalized spacial score (nSPS) is 14.0. The van der Waals surface area contributed by atoms with Crippen LogP contribution in [-0.4, -0.2) is 40.4 Å². The zero-order chi connectivity index (χ0) is 20.9. The van der Waals surface area contributed by atoms with E-state index in [1.165, 1.54) is 24.3 Å². The third-order valence-electron chi connectivity index (χ3n) is 3.34. The van der Waals surface area contributed by atoms with Crippen molar-refractivity contribution in [3.8, 4) is 0 Å². The molecule has 0 amide bonds. The van der Waals surface area contributed by atoms with Gasteiger partial charge in [0.2, 0.25) is 0 Å². The van der Waals surface area contributed by atoms with E-state index in [1.807, 2.05) is 0 Å². The monoisotopic (exact) mass is 521 g/mol. The third kappa shape index (κ3) is 9.35. The Bertz CT molecular complexity index is 540. The Hall–Kier alpha value is -0.721. The molecule has 1 aromatic carbocycles. The van der Waals surface area contributed by atoms with Crippen LogP contribution in [0, 0.1) is 0 Å². The van der Waals surface area contributed by atoms with E-state index < -0.39 is 72.7 Å². The summed E-state index contributed by atoms with van der Waals surface area (Å²) in [5.74, 6) is 0. The van der Waals surface area contributed by atoms with Crippen LogP contribution in [0.4, 0.5) is 43.9 Å². The summed E-state index contributed by atoms with van der Waals surface area (Å²) in [6.07, 6.45) is -18.0. The molecular formula is C15H15F10OSn. The number of benzene rings is 1. The SMILES string of the molecule is FC(F)(F)CC[C](F)(F)[Sn]([O]Cc1ccccc1)[C](F)(F)CCC(F)(F)F. The average Bonchev–Trinajstić information content (AvgIpc) is 2.51. The molecule has 1 aromatic rings. The Balaban J connectivity index is 2.99. The van der Waals surface area contributed by atoms with Crippen LogP contribution < -0.4 is 0 Å². The Morgan fingerprint density at radius 3 is 1.41 bits per heavy atom. The van der Waals surface area contributed by atoms with Crippen molar-refractivity contribution in [3.63, 3.8) is 0 Å². The van der Waals surface area contributed by atoms with Crippen molar-refractivity contribution in [1.29, 1.82) is 0 Å². The second kappa shape index (κ2) is 9.18. The van der Waals surface area contributed by atoms with Crippen molar-refractivity contribution >= 4 is 20.2 Å². The second-order valence-electron chi connectivity index (χ2n) is 5.74. The molecule has 0 spiro atoms. The fourth-order valence-corrected chi connectivity index (χ4v) is 7.66. The summed E-state index contributed by atoms with van der Waals surface area (Å²) >= 11 is -5.89. The van der Waals surface area contributed by atoms with Gasteiger partial charge in [0.25, 0.3) is 0 Å². The van der Waals surface area contributed by atoms with Crippen LogP contribution in [0.15, 0.2) is 30.3 Å². The molecule has 0 fully saturated rings. The van der Waals surface area contributed by atoms with Gasteiger partial charge in [-0.1, -0.05) is 0 Å². The van der Waals surface area contributed by atoms with E-state index in [0.717, 1.165) is 0 Å². The molecule has 12 heteroatoms. The average molecular weight is 520 g/mol. The molecule has 1 nitrogen and oxygen atoms in total. The number of alkyl halides is 10. The molecule has 0 aliphatic rings. The molecule has 0 saturated carbocycles. The van der Waals surface area contributed by atoms with Crippen molar-refractivity contribution in [1.82, 2.24) is 0 Å². The maximum absolute atomic E-state index is 14.1. The Morgan fingerprint density at radius 1 is 0.630 bits per heavy atom. The molecule has 1 radical (unpaired) electrons. The van der Waals surface area contributed by atoms with Gasteiger partial charge in [-0.3, -0.25) is 0 Å². The fraction of sp³-hybridized carbons (Fsp3) is 0.600. The first-order valence-corrected chi connectivity index (χ1v) is 11.6. The molecule has 0 heterocycles. The van der Waals surface area contributed by atoms with Crippen LogP contribution in [-0.2, 0) is 9.68 Å². The van der Waals surface area contributed by atoms with Crippen LogP contribution in [0.3, 0.4) is 0 Å². The van der Waals surface area contributed by atoms with Gasteiger partial charge < -0.3 is 0 Å². The Labute approximate surface area is 156 Å². The number of rotatable bonds is 9. The van der Waals surface area contributed by atoms with Crippen LogP contribution >= 0.6 is 0 Å². The summed E-state index contributed by atoms with van der Waals surface area (Å²) in [6.45, 7) is -0.737. The standard InChI is InChI=1S/C7H7O.2C4H4F5.Sn/c8-6-7-4-2-1-3-5-7;2*5-3(6)1-2-4(7,8)9;/h1-5H,6H2;2*1-2H2;/q-1;;;+1. The van der Waals surface area contributed by atoms with Gasteiger partial charge in [0.05, 0.1) is 0 Å². The number of halogens is 10. The molecule has 0 aliphatic heterocycles. The van der Waals surface area contributed by atoms with E-state index in [-0.39, 0.29) is 5.56 Å². The molecule has 0 saturated heterocycles. The quantitative estimate of drug-likeness (QED) is 0.278. The summed E-state index contributed by atoms with van der Waals surface area (Å²) < 4.78 is 125. The topological polar surface area (TPSA) is 9.23 Å². The van der Waals surface area contributed by atoms with E-state index in [2.05, 4.69) is 3.07 Å². The van der Waals surface area contributed by atoms with Gasteiger partial charge in [0, 0.05) is 0 Å². The van der Waals surface area contributed by atoms with Gasteiger partial charge in [-0.15, -0.1) is 0 Å². The summed E-state index contributed by atoms with van der Waals surface area (Å²) in [7, 11) is 0. The molecule has 0 bridgehead atoms. The predicted molar refractivity (Wildman–Crippen MR) is 77.5 cm³/mol. The fourth-order valence-electron chi connectivity index (χ4n) is 2.03. The first-order valence-electron chi connectivity index (χ1n) is 7.56. The third-order valence-corrected chi connectivity index (χ3v) is 9.79. The molecule has 1 rings (SSSR count). The first kappa shape index (κ1) is 24.3. The number of hydrogen-bond donors (Lipinski definition) is 0. The van der Waals surface area contributed by atoms with Crippen LogP contribution in [0.25, 0.3) is 0 Å². The predicted octanol–water partition coefficient (Wildman–Crippen LogP) is 6.23. The zero-order valence-electron chi connectivity index (χ0n) is 13.6. The minimum absolute atomic E-state index is 0.203. The first-order chi connectivity index (χ1) is 12.1. The van der Waals surface area contributed by atoms with Crippen molar-refractivity contribution < 1.29 is 47.0 Å². The van der Waals surface area contributed by atoms with Crippen LogP contribution in [0.2, 0.25) is 0 Å². The van der Waals surface area contributed by atoms with Gasteiger partial charge in [0.15, 0.2) is 0 Å². The van der Waals surface area contributed by atoms with Crippen molar-refractivity contribution in [2.75, 3.05) is 0 Å². The zero-order valence-corrected chi connectivity index (χ0v) is 16.5. The van der Waals surface area contributed by atoms with Crippen LogP contribution in [0.1, 0.15) is 31.2 Å². The summed E-state index contributed by atoms with van der Waals surface area (Å²) in [4.78, 5) is 0. The molecule has 155 valence electrons. The minimum atomic E-state index is -5.89. The van der Waals surface area contributed by atoms with E-state index in [9.17, 15) is 43.9 Å².